The maximum Gasteiger partial charge on any atom is 0.227 e. The van der Waals surface area contributed by atoms with Crippen LogP contribution in [0.3, 0.4) is 0 Å². The average Bonchev–Trinajstić information content (AvgIpc) is 2.56. The molecule has 1 unspecified atom stereocenters. The lowest BCUT2D eigenvalue weighted by Gasteiger charge is -2.34. The molecule has 1 amide bonds. The molecule has 0 spiro atoms. The standard InChI is InChI=1S/C20H30N2O/c1-15-7-6-12-22(14-15)19-11-10-18(13-16(19)2)21-20(23)17-8-4-3-5-9-17/h10-11,13,15,17H,3-9,12,14H2,1-2H3,(H,21,23). The number of aryl methyl sites for hydroxylation is 1. The fraction of sp³-hybridized carbons (Fsp3) is 0.650. The molecule has 1 saturated heterocycles. The molecule has 23 heavy (non-hydrogen) atoms. The first-order valence-electron chi connectivity index (χ1n) is 9.30. The molecule has 1 atom stereocenters. The van der Waals surface area contributed by atoms with Crippen molar-refractivity contribution in [1.29, 1.82) is 0 Å². The molecule has 2 aliphatic rings. The van der Waals surface area contributed by atoms with Gasteiger partial charge in [0.25, 0.3) is 0 Å². The van der Waals surface area contributed by atoms with Crippen molar-refractivity contribution in [3.63, 3.8) is 0 Å². The van der Waals surface area contributed by atoms with E-state index in [0.29, 0.717) is 0 Å². The third-order valence-electron chi connectivity index (χ3n) is 5.44. The lowest BCUT2D eigenvalue weighted by atomic mass is 9.88. The predicted molar refractivity (Wildman–Crippen MR) is 97.0 cm³/mol. The van der Waals surface area contributed by atoms with E-state index in [1.165, 1.54) is 43.4 Å². The van der Waals surface area contributed by atoms with Crippen molar-refractivity contribution in [3.05, 3.63) is 23.8 Å². The van der Waals surface area contributed by atoms with Gasteiger partial charge in [-0.25, -0.2) is 0 Å². The Morgan fingerprint density at radius 3 is 2.61 bits per heavy atom. The molecule has 0 aromatic heterocycles. The maximum atomic E-state index is 12.4. The van der Waals surface area contributed by atoms with Crippen LogP contribution in [0.5, 0.6) is 0 Å². The number of piperidine rings is 1. The van der Waals surface area contributed by atoms with Gasteiger partial charge in [-0.15, -0.1) is 0 Å². The summed E-state index contributed by atoms with van der Waals surface area (Å²) in [6.45, 7) is 6.79. The van der Waals surface area contributed by atoms with Crippen LogP contribution in [0, 0.1) is 18.8 Å². The Balaban J connectivity index is 1.65. The fourth-order valence-electron chi connectivity index (χ4n) is 4.11. The van der Waals surface area contributed by atoms with Gasteiger partial charge in [-0.2, -0.15) is 0 Å². The number of hydrogen-bond acceptors (Lipinski definition) is 2. The lowest BCUT2D eigenvalue weighted by Crippen LogP contribution is -2.34. The van der Waals surface area contributed by atoms with Gasteiger partial charge in [-0.3, -0.25) is 4.79 Å². The van der Waals surface area contributed by atoms with Crippen LogP contribution in [-0.2, 0) is 4.79 Å². The van der Waals surface area contributed by atoms with E-state index in [-0.39, 0.29) is 11.8 Å². The van der Waals surface area contributed by atoms with E-state index in [0.717, 1.165) is 37.5 Å². The third kappa shape index (κ3) is 4.07. The lowest BCUT2D eigenvalue weighted by molar-refractivity contribution is -0.120. The van der Waals surface area contributed by atoms with Crippen LogP contribution in [0.2, 0.25) is 0 Å². The Kier molecular flexibility index (Phi) is 5.24. The van der Waals surface area contributed by atoms with Crippen molar-refractivity contribution in [3.8, 4) is 0 Å². The monoisotopic (exact) mass is 314 g/mol. The van der Waals surface area contributed by atoms with Crippen molar-refractivity contribution < 1.29 is 4.79 Å². The van der Waals surface area contributed by atoms with Crippen molar-refractivity contribution in [1.82, 2.24) is 0 Å². The Bertz CT molecular complexity index is 549. The smallest absolute Gasteiger partial charge is 0.227 e. The molecule has 3 nitrogen and oxygen atoms in total. The van der Waals surface area contributed by atoms with E-state index in [9.17, 15) is 4.79 Å². The minimum atomic E-state index is 0.212. The molecule has 126 valence electrons. The van der Waals surface area contributed by atoms with E-state index in [1.807, 2.05) is 0 Å². The number of anilines is 2. The summed E-state index contributed by atoms with van der Waals surface area (Å²) < 4.78 is 0. The summed E-state index contributed by atoms with van der Waals surface area (Å²) in [5, 5.41) is 3.13. The highest BCUT2D eigenvalue weighted by Crippen LogP contribution is 2.29. The summed E-state index contributed by atoms with van der Waals surface area (Å²) in [6.07, 6.45) is 8.40. The van der Waals surface area contributed by atoms with E-state index < -0.39 is 0 Å². The van der Waals surface area contributed by atoms with Gasteiger partial charge in [0.2, 0.25) is 5.91 Å². The predicted octanol–water partition coefficient (Wildman–Crippen LogP) is 4.75. The van der Waals surface area contributed by atoms with Crippen LogP contribution >= 0.6 is 0 Å². The second-order valence-corrected chi connectivity index (χ2v) is 7.52. The largest absolute Gasteiger partial charge is 0.371 e. The summed E-state index contributed by atoms with van der Waals surface area (Å²) in [7, 11) is 0. The van der Waals surface area contributed by atoms with E-state index in [1.54, 1.807) is 0 Å². The second kappa shape index (κ2) is 7.37. The Hall–Kier alpha value is -1.51. The van der Waals surface area contributed by atoms with Gasteiger partial charge in [-0.1, -0.05) is 26.2 Å². The first-order chi connectivity index (χ1) is 11.1. The molecule has 1 aliphatic heterocycles. The maximum absolute atomic E-state index is 12.4. The Labute approximate surface area is 140 Å². The molecule has 1 aliphatic carbocycles. The minimum Gasteiger partial charge on any atom is -0.371 e. The molecule has 1 aromatic rings. The van der Waals surface area contributed by atoms with Crippen molar-refractivity contribution in [2.45, 2.75) is 58.8 Å². The van der Waals surface area contributed by atoms with Crippen LogP contribution in [-0.4, -0.2) is 19.0 Å². The third-order valence-corrected chi connectivity index (χ3v) is 5.44. The normalized spacial score (nSPS) is 22.9. The van der Waals surface area contributed by atoms with E-state index >= 15 is 0 Å². The molecule has 2 fully saturated rings. The second-order valence-electron chi connectivity index (χ2n) is 7.52. The average molecular weight is 314 g/mol. The van der Waals surface area contributed by atoms with Crippen LogP contribution in [0.15, 0.2) is 18.2 Å². The summed E-state index contributed by atoms with van der Waals surface area (Å²) >= 11 is 0. The van der Waals surface area contributed by atoms with Crippen molar-refractivity contribution in [2.75, 3.05) is 23.3 Å². The SMILES string of the molecule is Cc1cc(NC(=O)C2CCCCC2)ccc1N1CCCC(C)C1. The highest BCUT2D eigenvalue weighted by Gasteiger charge is 2.22. The van der Waals surface area contributed by atoms with Gasteiger partial charge >= 0.3 is 0 Å². The van der Waals surface area contributed by atoms with Crippen LogP contribution in [0.25, 0.3) is 0 Å². The highest BCUT2D eigenvalue weighted by atomic mass is 16.1. The number of amides is 1. The Morgan fingerprint density at radius 1 is 1.13 bits per heavy atom. The van der Waals surface area contributed by atoms with Crippen LogP contribution in [0.4, 0.5) is 11.4 Å². The van der Waals surface area contributed by atoms with Gasteiger partial charge in [0.1, 0.15) is 0 Å². The number of benzene rings is 1. The number of nitrogens with zero attached hydrogens (tertiary/aromatic N) is 1. The molecule has 1 aromatic carbocycles. The van der Waals surface area contributed by atoms with Gasteiger partial charge in [0.15, 0.2) is 0 Å². The van der Waals surface area contributed by atoms with Crippen molar-refractivity contribution in [2.24, 2.45) is 11.8 Å². The topological polar surface area (TPSA) is 32.3 Å². The van der Waals surface area contributed by atoms with E-state index in [2.05, 4.69) is 42.3 Å². The number of hydrogen-bond donors (Lipinski definition) is 1. The van der Waals surface area contributed by atoms with Crippen molar-refractivity contribution >= 4 is 17.3 Å². The number of rotatable bonds is 3. The molecule has 0 bridgehead atoms. The molecule has 1 saturated carbocycles. The summed E-state index contributed by atoms with van der Waals surface area (Å²) in [6, 6.07) is 6.39. The van der Waals surface area contributed by atoms with E-state index in [4.69, 9.17) is 0 Å². The number of nitrogens with one attached hydrogen (secondary N) is 1. The fourth-order valence-corrected chi connectivity index (χ4v) is 4.11. The summed E-state index contributed by atoms with van der Waals surface area (Å²) in [5.74, 6) is 1.20. The molecule has 3 heteroatoms. The van der Waals surface area contributed by atoms with Gasteiger partial charge < -0.3 is 10.2 Å². The molecule has 3 rings (SSSR count). The van der Waals surface area contributed by atoms with Gasteiger partial charge in [0.05, 0.1) is 0 Å². The quantitative estimate of drug-likeness (QED) is 0.873. The molecule has 0 radical (unpaired) electrons. The minimum absolute atomic E-state index is 0.212. The zero-order valence-corrected chi connectivity index (χ0v) is 14.6. The van der Waals surface area contributed by atoms with Crippen LogP contribution < -0.4 is 10.2 Å². The van der Waals surface area contributed by atoms with Gasteiger partial charge in [-0.05, 0) is 62.3 Å². The summed E-state index contributed by atoms with van der Waals surface area (Å²) in [5.41, 5.74) is 3.54. The van der Waals surface area contributed by atoms with Crippen LogP contribution in [0.1, 0.15) is 57.4 Å². The van der Waals surface area contributed by atoms with Gasteiger partial charge in [0, 0.05) is 30.4 Å². The highest BCUT2D eigenvalue weighted by molar-refractivity contribution is 5.93. The molecular formula is C20H30N2O. The number of carbonyl (C=O) groups excluding carboxylic acids is 1. The summed E-state index contributed by atoms with van der Waals surface area (Å²) in [4.78, 5) is 14.9. The Morgan fingerprint density at radius 2 is 1.91 bits per heavy atom. The zero-order valence-electron chi connectivity index (χ0n) is 14.6. The first-order valence-corrected chi connectivity index (χ1v) is 9.30. The molecule has 1 heterocycles. The number of carbonyl (C=O) groups is 1. The first kappa shape index (κ1) is 16.4. The zero-order chi connectivity index (χ0) is 16.2. The molecular weight excluding hydrogens is 284 g/mol. The molecule has 1 N–H and O–H groups in total.